The molecule has 1 aromatic rings. The van der Waals surface area contributed by atoms with Gasteiger partial charge in [-0.25, -0.2) is 4.79 Å². The number of carboxylic acid groups (broad SMARTS) is 1. The van der Waals surface area contributed by atoms with E-state index in [1.54, 1.807) is 18.2 Å². The Labute approximate surface area is 110 Å². The maximum Gasteiger partial charge on any atom is 0.336 e. The molecule has 0 heterocycles. The lowest BCUT2D eigenvalue weighted by Gasteiger charge is -2.25. The zero-order valence-corrected chi connectivity index (χ0v) is 11.3. The lowest BCUT2D eigenvalue weighted by atomic mass is 9.91. The molecule has 4 heteroatoms. The summed E-state index contributed by atoms with van der Waals surface area (Å²) in [5.74, 6) is -0.295. The highest BCUT2D eigenvalue weighted by Crippen LogP contribution is 2.30. The molecule has 1 N–H and O–H groups in total. The molecule has 1 aromatic carbocycles. The van der Waals surface area contributed by atoms with Crippen molar-refractivity contribution >= 4 is 16.8 Å². The molecular formula is C14H18O3S. The number of carboxylic acids is 1. The lowest BCUT2D eigenvalue weighted by molar-refractivity contribution is 0.0693. The first-order valence-corrected chi connectivity index (χ1v) is 7.53. The largest absolute Gasteiger partial charge is 0.478 e. The third-order valence-corrected chi connectivity index (χ3v) is 5.47. The molecule has 1 fully saturated rings. The average molecular weight is 266 g/mol. The van der Waals surface area contributed by atoms with Gasteiger partial charge in [0.2, 0.25) is 0 Å². The van der Waals surface area contributed by atoms with E-state index in [-0.39, 0.29) is 10.8 Å². The van der Waals surface area contributed by atoms with Crippen molar-refractivity contribution in [3.05, 3.63) is 29.8 Å². The van der Waals surface area contributed by atoms with E-state index in [0.717, 1.165) is 25.7 Å². The summed E-state index contributed by atoms with van der Waals surface area (Å²) in [6, 6.07) is 6.64. The third-order valence-electron chi connectivity index (χ3n) is 3.60. The molecule has 1 aliphatic rings. The molecular weight excluding hydrogens is 248 g/mol. The van der Waals surface area contributed by atoms with Gasteiger partial charge in [-0.1, -0.05) is 19.1 Å². The fourth-order valence-corrected chi connectivity index (χ4v) is 4.09. The van der Waals surface area contributed by atoms with Crippen molar-refractivity contribution in [3.8, 4) is 0 Å². The van der Waals surface area contributed by atoms with Gasteiger partial charge in [-0.3, -0.25) is 4.21 Å². The van der Waals surface area contributed by atoms with Crippen molar-refractivity contribution in [1.82, 2.24) is 0 Å². The maximum atomic E-state index is 12.5. The quantitative estimate of drug-likeness (QED) is 0.914. The normalized spacial score (nSPS) is 25.6. The van der Waals surface area contributed by atoms with Crippen LogP contribution in [0.1, 0.15) is 43.0 Å². The van der Waals surface area contributed by atoms with E-state index in [1.807, 2.05) is 0 Å². The molecule has 0 radical (unpaired) electrons. The van der Waals surface area contributed by atoms with E-state index in [2.05, 4.69) is 6.92 Å². The summed E-state index contributed by atoms with van der Waals surface area (Å²) in [5.41, 5.74) is 0.175. The Hall–Kier alpha value is -1.16. The van der Waals surface area contributed by atoms with Crippen LogP contribution in [0, 0.1) is 5.92 Å². The van der Waals surface area contributed by atoms with Crippen LogP contribution >= 0.6 is 0 Å². The zero-order chi connectivity index (χ0) is 13.1. The molecule has 0 spiro atoms. The van der Waals surface area contributed by atoms with Crippen LogP contribution in [-0.2, 0) is 10.8 Å². The van der Waals surface area contributed by atoms with Crippen LogP contribution < -0.4 is 0 Å². The van der Waals surface area contributed by atoms with Crippen LogP contribution in [-0.4, -0.2) is 20.5 Å². The number of rotatable bonds is 3. The van der Waals surface area contributed by atoms with Gasteiger partial charge in [0.05, 0.1) is 21.3 Å². The molecule has 1 atom stereocenters. The Balaban J connectivity index is 2.21. The van der Waals surface area contributed by atoms with Gasteiger partial charge < -0.3 is 5.11 Å². The van der Waals surface area contributed by atoms with Gasteiger partial charge in [-0.2, -0.15) is 0 Å². The Bertz CT molecular complexity index is 462. The standard InChI is InChI=1S/C14H18O3S/c1-10-6-8-11(9-7-10)18(17)13-5-3-2-4-12(13)14(15)16/h2-5,10-11H,6-9H2,1H3,(H,15,16). The number of carbonyl (C=O) groups is 1. The number of aromatic carboxylic acids is 1. The average Bonchev–Trinajstić information content (AvgIpc) is 2.39. The topological polar surface area (TPSA) is 54.4 Å². The first kappa shape index (κ1) is 13.3. The molecule has 0 saturated heterocycles. The second-order valence-electron chi connectivity index (χ2n) is 4.98. The van der Waals surface area contributed by atoms with Gasteiger partial charge in [-0.15, -0.1) is 0 Å². The molecule has 1 saturated carbocycles. The molecule has 98 valence electrons. The Morgan fingerprint density at radius 2 is 1.83 bits per heavy atom. The predicted molar refractivity (Wildman–Crippen MR) is 71.2 cm³/mol. The molecule has 2 rings (SSSR count). The van der Waals surface area contributed by atoms with E-state index in [9.17, 15) is 9.00 Å². The maximum absolute atomic E-state index is 12.5. The van der Waals surface area contributed by atoms with E-state index < -0.39 is 16.8 Å². The fraction of sp³-hybridized carbons (Fsp3) is 0.500. The van der Waals surface area contributed by atoms with Crippen molar-refractivity contribution in [2.45, 2.75) is 42.8 Å². The fourth-order valence-electron chi connectivity index (χ4n) is 2.44. The molecule has 0 aromatic heterocycles. The number of hydrogen-bond acceptors (Lipinski definition) is 2. The molecule has 0 amide bonds. The Morgan fingerprint density at radius 3 is 2.44 bits per heavy atom. The van der Waals surface area contributed by atoms with Crippen molar-refractivity contribution < 1.29 is 14.1 Å². The summed E-state index contributed by atoms with van der Waals surface area (Å²) >= 11 is 0. The summed E-state index contributed by atoms with van der Waals surface area (Å²) < 4.78 is 12.5. The van der Waals surface area contributed by atoms with Crippen LogP contribution in [0.5, 0.6) is 0 Å². The monoisotopic (exact) mass is 266 g/mol. The van der Waals surface area contributed by atoms with Crippen LogP contribution in [0.25, 0.3) is 0 Å². The van der Waals surface area contributed by atoms with Crippen LogP contribution in [0.4, 0.5) is 0 Å². The molecule has 1 unspecified atom stereocenters. The highest BCUT2D eigenvalue weighted by Gasteiger charge is 2.26. The highest BCUT2D eigenvalue weighted by atomic mass is 32.2. The van der Waals surface area contributed by atoms with Gasteiger partial charge in [0.1, 0.15) is 0 Å². The first-order chi connectivity index (χ1) is 8.59. The van der Waals surface area contributed by atoms with Gasteiger partial charge in [-0.05, 0) is 43.7 Å². The second kappa shape index (κ2) is 5.65. The van der Waals surface area contributed by atoms with Crippen molar-refractivity contribution in [2.75, 3.05) is 0 Å². The first-order valence-electron chi connectivity index (χ1n) is 6.32. The molecule has 3 nitrogen and oxygen atoms in total. The Kier molecular flexibility index (Phi) is 4.17. The minimum absolute atomic E-state index is 0.113. The summed E-state index contributed by atoms with van der Waals surface area (Å²) in [4.78, 5) is 11.6. The van der Waals surface area contributed by atoms with E-state index in [1.165, 1.54) is 6.07 Å². The van der Waals surface area contributed by atoms with Crippen LogP contribution in [0.2, 0.25) is 0 Å². The van der Waals surface area contributed by atoms with E-state index in [4.69, 9.17) is 5.11 Å². The van der Waals surface area contributed by atoms with Crippen molar-refractivity contribution in [3.63, 3.8) is 0 Å². The van der Waals surface area contributed by atoms with Gasteiger partial charge in [0.25, 0.3) is 0 Å². The summed E-state index contributed by atoms with van der Waals surface area (Å²) in [6.07, 6.45) is 4.04. The number of benzene rings is 1. The van der Waals surface area contributed by atoms with Crippen molar-refractivity contribution in [2.24, 2.45) is 5.92 Å². The molecule has 18 heavy (non-hydrogen) atoms. The highest BCUT2D eigenvalue weighted by molar-refractivity contribution is 7.85. The van der Waals surface area contributed by atoms with Crippen LogP contribution in [0.3, 0.4) is 0 Å². The zero-order valence-electron chi connectivity index (χ0n) is 10.5. The molecule has 0 bridgehead atoms. The smallest absolute Gasteiger partial charge is 0.336 e. The van der Waals surface area contributed by atoms with Gasteiger partial charge >= 0.3 is 5.97 Å². The van der Waals surface area contributed by atoms with E-state index >= 15 is 0 Å². The van der Waals surface area contributed by atoms with Crippen LogP contribution in [0.15, 0.2) is 29.2 Å². The SMILES string of the molecule is CC1CCC(S(=O)c2ccccc2C(=O)O)CC1. The minimum Gasteiger partial charge on any atom is -0.478 e. The number of hydrogen-bond donors (Lipinski definition) is 1. The second-order valence-corrected chi connectivity index (χ2v) is 6.68. The predicted octanol–water partition coefficient (Wildman–Crippen LogP) is 3.07. The summed E-state index contributed by atoms with van der Waals surface area (Å²) in [7, 11) is -1.20. The van der Waals surface area contributed by atoms with Crippen molar-refractivity contribution in [1.29, 1.82) is 0 Å². The third kappa shape index (κ3) is 2.80. The van der Waals surface area contributed by atoms with E-state index in [0.29, 0.717) is 10.8 Å². The molecule has 0 aliphatic heterocycles. The Morgan fingerprint density at radius 1 is 1.22 bits per heavy atom. The molecule has 1 aliphatic carbocycles. The lowest BCUT2D eigenvalue weighted by Crippen LogP contribution is -2.23. The van der Waals surface area contributed by atoms with Gasteiger partial charge in [0, 0.05) is 5.25 Å². The summed E-state index contributed by atoms with van der Waals surface area (Å²) in [6.45, 7) is 2.21. The van der Waals surface area contributed by atoms with Gasteiger partial charge in [0.15, 0.2) is 0 Å². The minimum atomic E-state index is -1.20. The summed E-state index contributed by atoms with van der Waals surface area (Å²) in [5, 5.41) is 9.23.